The van der Waals surface area contributed by atoms with Crippen LogP contribution in [-0.2, 0) is 5.75 Å². The standard InChI is InChI=1S/C26H19N3OS/c30-25(21-10-12-29-24(21)16-31-26(29)19-7-4-11-27-14-19)22-15-28-23-13-18(8-9-20(22)23)17-5-2-1-3-6-17/h1-15,26,28H,16H2. The number of rotatable bonds is 4. The van der Waals surface area contributed by atoms with E-state index in [9.17, 15) is 4.79 Å². The van der Waals surface area contributed by atoms with Crippen molar-refractivity contribution in [3.05, 3.63) is 114 Å². The number of carbonyl (C=O) groups is 1. The Balaban J connectivity index is 1.36. The molecule has 4 heterocycles. The molecule has 0 radical (unpaired) electrons. The Morgan fingerprint density at radius 3 is 2.74 bits per heavy atom. The number of benzene rings is 2. The van der Waals surface area contributed by atoms with Crippen molar-refractivity contribution in [1.29, 1.82) is 0 Å². The van der Waals surface area contributed by atoms with E-state index in [1.165, 1.54) is 0 Å². The number of hydrogen-bond donors (Lipinski definition) is 1. The number of aromatic nitrogens is 3. The normalized spacial score (nSPS) is 15.3. The summed E-state index contributed by atoms with van der Waals surface area (Å²) in [4.78, 5) is 21.0. The van der Waals surface area contributed by atoms with Crippen molar-refractivity contribution in [2.75, 3.05) is 0 Å². The van der Waals surface area contributed by atoms with Crippen LogP contribution in [0.15, 0.2) is 91.5 Å². The SMILES string of the molecule is O=C(c1ccn2c1CSC2c1cccnc1)c1c[nH]c2cc(-c3ccccc3)ccc12. The lowest BCUT2D eigenvalue weighted by atomic mass is 10.00. The first-order valence-electron chi connectivity index (χ1n) is 10.2. The fraction of sp³-hybridized carbons (Fsp3) is 0.0769. The zero-order valence-corrected chi connectivity index (χ0v) is 17.5. The molecule has 1 aliphatic rings. The first kappa shape index (κ1) is 18.2. The van der Waals surface area contributed by atoms with Crippen LogP contribution in [0.2, 0.25) is 0 Å². The average Bonchev–Trinajstić information content (AvgIpc) is 3.54. The van der Waals surface area contributed by atoms with Crippen molar-refractivity contribution in [1.82, 2.24) is 14.5 Å². The van der Waals surface area contributed by atoms with Crippen molar-refractivity contribution >= 4 is 28.4 Å². The quantitative estimate of drug-likeness (QED) is 0.359. The average molecular weight is 422 g/mol. The minimum Gasteiger partial charge on any atom is -0.360 e. The molecule has 1 unspecified atom stereocenters. The van der Waals surface area contributed by atoms with Crippen LogP contribution in [0.25, 0.3) is 22.0 Å². The fourth-order valence-electron chi connectivity index (χ4n) is 4.35. The highest BCUT2D eigenvalue weighted by Crippen LogP contribution is 2.42. The Labute approximate surface area is 184 Å². The summed E-state index contributed by atoms with van der Waals surface area (Å²) in [5.74, 6) is 0.883. The molecule has 1 N–H and O–H groups in total. The number of aromatic amines is 1. The van der Waals surface area contributed by atoms with Gasteiger partial charge in [-0.2, -0.15) is 0 Å². The lowest BCUT2D eigenvalue weighted by Gasteiger charge is -2.11. The van der Waals surface area contributed by atoms with Crippen LogP contribution < -0.4 is 0 Å². The fourth-order valence-corrected chi connectivity index (χ4v) is 5.66. The van der Waals surface area contributed by atoms with Gasteiger partial charge in [0.15, 0.2) is 5.78 Å². The summed E-state index contributed by atoms with van der Waals surface area (Å²) in [6, 6.07) is 22.5. The molecule has 0 fully saturated rings. The Kier molecular flexibility index (Phi) is 4.28. The summed E-state index contributed by atoms with van der Waals surface area (Å²) in [5.41, 5.74) is 7.01. The lowest BCUT2D eigenvalue weighted by Crippen LogP contribution is -2.05. The van der Waals surface area contributed by atoms with E-state index in [0.717, 1.165) is 50.2 Å². The number of carbonyl (C=O) groups excluding carboxylic acids is 1. The number of nitrogens with zero attached hydrogens (tertiary/aromatic N) is 2. The number of hydrogen-bond acceptors (Lipinski definition) is 3. The molecule has 3 aromatic heterocycles. The number of fused-ring (bicyclic) bond motifs is 2. The van der Waals surface area contributed by atoms with E-state index < -0.39 is 0 Å². The Morgan fingerprint density at radius 2 is 1.90 bits per heavy atom. The van der Waals surface area contributed by atoms with Crippen LogP contribution in [0, 0.1) is 0 Å². The van der Waals surface area contributed by atoms with Gasteiger partial charge >= 0.3 is 0 Å². The maximum absolute atomic E-state index is 13.5. The maximum atomic E-state index is 13.5. The van der Waals surface area contributed by atoms with Gasteiger partial charge in [0.05, 0.1) is 0 Å². The summed E-state index contributed by atoms with van der Waals surface area (Å²) in [6.07, 6.45) is 7.56. The van der Waals surface area contributed by atoms with Crippen molar-refractivity contribution in [2.24, 2.45) is 0 Å². The lowest BCUT2D eigenvalue weighted by molar-refractivity contribution is 0.103. The van der Waals surface area contributed by atoms with E-state index in [1.54, 1.807) is 6.20 Å². The molecule has 0 amide bonds. The van der Waals surface area contributed by atoms with Gasteiger partial charge in [0, 0.05) is 63.8 Å². The van der Waals surface area contributed by atoms with Crippen LogP contribution in [0.3, 0.4) is 0 Å². The second-order valence-electron chi connectivity index (χ2n) is 7.69. The zero-order valence-electron chi connectivity index (χ0n) is 16.7. The molecular weight excluding hydrogens is 402 g/mol. The highest BCUT2D eigenvalue weighted by atomic mass is 32.2. The Morgan fingerprint density at radius 1 is 1.00 bits per heavy atom. The number of nitrogens with one attached hydrogen (secondary N) is 1. The van der Waals surface area contributed by atoms with Crippen molar-refractivity contribution < 1.29 is 4.79 Å². The molecule has 0 saturated carbocycles. The predicted molar refractivity (Wildman–Crippen MR) is 125 cm³/mol. The molecule has 0 saturated heterocycles. The smallest absolute Gasteiger partial charge is 0.197 e. The molecule has 0 spiro atoms. The van der Waals surface area contributed by atoms with Crippen LogP contribution >= 0.6 is 11.8 Å². The van der Waals surface area contributed by atoms with Gasteiger partial charge < -0.3 is 9.55 Å². The highest BCUT2D eigenvalue weighted by Gasteiger charge is 2.29. The highest BCUT2D eigenvalue weighted by molar-refractivity contribution is 7.99. The molecule has 1 aliphatic heterocycles. The van der Waals surface area contributed by atoms with Gasteiger partial charge in [-0.1, -0.05) is 48.5 Å². The monoisotopic (exact) mass is 421 g/mol. The number of H-pyrrole nitrogens is 1. The Hall–Kier alpha value is -3.57. The van der Waals surface area contributed by atoms with E-state index >= 15 is 0 Å². The van der Waals surface area contributed by atoms with Gasteiger partial charge in [-0.15, -0.1) is 11.8 Å². The molecule has 6 rings (SSSR count). The minimum absolute atomic E-state index is 0.0693. The maximum Gasteiger partial charge on any atom is 0.197 e. The van der Waals surface area contributed by atoms with E-state index in [2.05, 4.69) is 44.9 Å². The predicted octanol–water partition coefficient (Wildman–Crippen LogP) is 6.06. The van der Waals surface area contributed by atoms with Crippen LogP contribution in [0.4, 0.5) is 0 Å². The second kappa shape index (κ2) is 7.29. The molecular formula is C26H19N3OS. The number of thioether (sulfide) groups is 1. The minimum atomic E-state index is 0.0693. The molecule has 0 bridgehead atoms. The molecule has 31 heavy (non-hydrogen) atoms. The van der Waals surface area contributed by atoms with Crippen molar-refractivity contribution in [2.45, 2.75) is 11.1 Å². The summed E-state index contributed by atoms with van der Waals surface area (Å²) < 4.78 is 2.21. The molecule has 4 nitrogen and oxygen atoms in total. The van der Waals surface area contributed by atoms with E-state index in [0.29, 0.717) is 0 Å². The van der Waals surface area contributed by atoms with Gasteiger partial charge in [-0.3, -0.25) is 9.78 Å². The zero-order chi connectivity index (χ0) is 20.8. The van der Waals surface area contributed by atoms with Gasteiger partial charge in [0.1, 0.15) is 5.37 Å². The van der Waals surface area contributed by atoms with Gasteiger partial charge in [0.25, 0.3) is 0 Å². The molecule has 5 aromatic rings. The van der Waals surface area contributed by atoms with E-state index in [4.69, 9.17) is 0 Å². The van der Waals surface area contributed by atoms with Crippen LogP contribution in [0.1, 0.15) is 32.6 Å². The first-order chi connectivity index (χ1) is 15.3. The third kappa shape index (κ3) is 3.01. The van der Waals surface area contributed by atoms with E-state index in [1.807, 2.05) is 66.8 Å². The Bertz CT molecular complexity index is 1400. The summed E-state index contributed by atoms with van der Waals surface area (Å²) >= 11 is 1.83. The third-order valence-corrected chi connectivity index (χ3v) is 7.16. The number of ketones is 1. The molecule has 1 atom stereocenters. The number of pyridine rings is 1. The van der Waals surface area contributed by atoms with Gasteiger partial charge in [-0.05, 0) is 29.3 Å². The van der Waals surface area contributed by atoms with Crippen molar-refractivity contribution in [3.63, 3.8) is 0 Å². The van der Waals surface area contributed by atoms with Crippen LogP contribution in [-0.4, -0.2) is 20.3 Å². The van der Waals surface area contributed by atoms with E-state index in [-0.39, 0.29) is 11.2 Å². The largest absolute Gasteiger partial charge is 0.360 e. The van der Waals surface area contributed by atoms with Crippen LogP contribution in [0.5, 0.6) is 0 Å². The summed E-state index contributed by atoms with van der Waals surface area (Å²) in [6.45, 7) is 0. The third-order valence-electron chi connectivity index (χ3n) is 5.90. The second-order valence-corrected chi connectivity index (χ2v) is 8.76. The molecule has 0 aliphatic carbocycles. The molecule has 5 heteroatoms. The van der Waals surface area contributed by atoms with Gasteiger partial charge in [0.2, 0.25) is 0 Å². The topological polar surface area (TPSA) is 50.7 Å². The van der Waals surface area contributed by atoms with Gasteiger partial charge in [-0.25, -0.2) is 0 Å². The molecule has 150 valence electrons. The molecule has 2 aromatic carbocycles. The summed E-state index contributed by atoms with van der Waals surface area (Å²) in [7, 11) is 0. The first-order valence-corrected chi connectivity index (χ1v) is 11.3. The van der Waals surface area contributed by atoms with Crippen molar-refractivity contribution in [3.8, 4) is 11.1 Å². The summed E-state index contributed by atoms with van der Waals surface area (Å²) in [5, 5.41) is 1.13.